The highest BCUT2D eigenvalue weighted by Gasteiger charge is 2.37. The highest BCUT2D eigenvalue weighted by atomic mass is 32.2. The van der Waals surface area contributed by atoms with E-state index in [1.165, 1.54) is 4.90 Å². The molecule has 35 heavy (non-hydrogen) atoms. The monoisotopic (exact) mass is 476 g/mol. The van der Waals surface area contributed by atoms with Crippen LogP contribution < -0.4 is 10.2 Å². The number of rotatable bonds is 4. The van der Waals surface area contributed by atoms with Crippen LogP contribution in [0.5, 0.6) is 0 Å². The molecule has 0 fully saturated rings. The van der Waals surface area contributed by atoms with Crippen LogP contribution >= 0.6 is 11.8 Å². The number of carbonyl (C=O) groups is 4. The Bertz CT molecular complexity index is 1560. The van der Waals surface area contributed by atoms with Crippen molar-refractivity contribution in [3.63, 3.8) is 0 Å². The van der Waals surface area contributed by atoms with Gasteiger partial charge in [0.25, 0.3) is 23.6 Å². The van der Waals surface area contributed by atoms with E-state index in [0.29, 0.717) is 39.1 Å². The van der Waals surface area contributed by atoms with Crippen molar-refractivity contribution in [2.75, 3.05) is 4.90 Å². The van der Waals surface area contributed by atoms with Crippen LogP contribution in [0.1, 0.15) is 41.4 Å². The molecule has 1 N–H and O–H groups in total. The standard InChI is InChI=1S/C28H16N2O4S/c31-25-21-12-6-16(14-23(21)26(32)29-25)17-7-13-22-24(15-17)28(34)30(27(22)33)18-8-10-20(11-9-18)35-19-4-2-1-3-5-19/h1-15H,(H,29,31,32). The third-order valence-electron chi connectivity index (χ3n) is 6.03. The molecule has 2 aliphatic heterocycles. The smallest absolute Gasteiger partial charge is 0.266 e. The molecule has 4 amide bonds. The largest absolute Gasteiger partial charge is 0.288 e. The van der Waals surface area contributed by atoms with Crippen LogP contribution in [0.15, 0.2) is 101 Å². The van der Waals surface area contributed by atoms with Crippen LogP contribution in [0.2, 0.25) is 0 Å². The lowest BCUT2D eigenvalue weighted by molar-refractivity contribution is 0.0874. The highest BCUT2D eigenvalue weighted by molar-refractivity contribution is 7.99. The van der Waals surface area contributed by atoms with E-state index in [-0.39, 0.29) is 5.91 Å². The first-order valence-electron chi connectivity index (χ1n) is 10.9. The van der Waals surface area contributed by atoms with Gasteiger partial charge in [-0.1, -0.05) is 42.1 Å². The molecule has 6 rings (SSSR count). The molecule has 0 unspecified atom stereocenters. The molecular formula is C28H16N2O4S. The topological polar surface area (TPSA) is 83.6 Å². The average Bonchev–Trinajstić information content (AvgIpc) is 3.31. The average molecular weight is 477 g/mol. The maximum atomic E-state index is 13.2. The van der Waals surface area contributed by atoms with Gasteiger partial charge in [-0.05, 0) is 71.8 Å². The quantitative estimate of drug-likeness (QED) is 0.410. The Morgan fingerprint density at radius 3 is 1.83 bits per heavy atom. The predicted molar refractivity (Wildman–Crippen MR) is 132 cm³/mol. The number of hydrogen-bond donors (Lipinski definition) is 1. The van der Waals surface area contributed by atoms with Crippen LogP contribution in [0, 0.1) is 0 Å². The molecule has 2 heterocycles. The van der Waals surface area contributed by atoms with Gasteiger partial charge in [-0.25, -0.2) is 4.90 Å². The van der Waals surface area contributed by atoms with E-state index in [4.69, 9.17) is 0 Å². The summed E-state index contributed by atoms with van der Waals surface area (Å²) in [4.78, 5) is 53.4. The molecule has 2 aliphatic rings. The maximum absolute atomic E-state index is 13.2. The first-order chi connectivity index (χ1) is 17.0. The fraction of sp³-hybridized carbons (Fsp3) is 0. The van der Waals surface area contributed by atoms with E-state index >= 15 is 0 Å². The van der Waals surface area contributed by atoms with E-state index in [0.717, 1.165) is 9.79 Å². The summed E-state index contributed by atoms with van der Waals surface area (Å²) in [6.45, 7) is 0. The van der Waals surface area contributed by atoms with Crippen LogP contribution in [0.4, 0.5) is 5.69 Å². The molecule has 0 aromatic heterocycles. The Hall–Kier alpha value is -4.49. The lowest BCUT2D eigenvalue weighted by Crippen LogP contribution is -2.29. The minimum absolute atomic E-state index is 0.297. The molecular weight excluding hydrogens is 460 g/mol. The summed E-state index contributed by atoms with van der Waals surface area (Å²) in [5.41, 5.74) is 3.11. The molecule has 0 saturated heterocycles. The van der Waals surface area contributed by atoms with Gasteiger partial charge in [0.15, 0.2) is 0 Å². The summed E-state index contributed by atoms with van der Waals surface area (Å²) < 4.78 is 0. The van der Waals surface area contributed by atoms with Crippen LogP contribution in [-0.4, -0.2) is 23.6 Å². The zero-order valence-electron chi connectivity index (χ0n) is 18.1. The van der Waals surface area contributed by atoms with E-state index in [9.17, 15) is 19.2 Å². The Kier molecular flexibility index (Phi) is 4.86. The SMILES string of the molecule is O=C1NC(=O)c2cc(-c3ccc4c(c3)C(=O)N(c3ccc(Sc5ccccc5)cc3)C4=O)ccc21. The number of nitrogens with one attached hydrogen (secondary N) is 1. The lowest BCUT2D eigenvalue weighted by Gasteiger charge is -2.14. The first-order valence-corrected chi connectivity index (χ1v) is 11.7. The number of nitrogens with zero attached hydrogens (tertiary/aromatic N) is 1. The normalized spacial score (nSPS) is 14.2. The van der Waals surface area contributed by atoms with Gasteiger partial charge in [0, 0.05) is 9.79 Å². The van der Waals surface area contributed by atoms with Crippen LogP contribution in [0.3, 0.4) is 0 Å². The van der Waals surface area contributed by atoms with Crippen LogP contribution in [-0.2, 0) is 0 Å². The van der Waals surface area contributed by atoms with E-state index < -0.39 is 17.7 Å². The van der Waals surface area contributed by atoms with Gasteiger partial charge in [0.2, 0.25) is 0 Å². The van der Waals surface area contributed by atoms with E-state index in [1.54, 1.807) is 60.3 Å². The summed E-state index contributed by atoms with van der Waals surface area (Å²) >= 11 is 1.60. The van der Waals surface area contributed by atoms with Crippen molar-refractivity contribution in [3.8, 4) is 11.1 Å². The minimum atomic E-state index is -0.445. The van der Waals surface area contributed by atoms with Crippen LogP contribution in [0.25, 0.3) is 11.1 Å². The molecule has 0 saturated carbocycles. The summed E-state index contributed by atoms with van der Waals surface area (Å²) in [7, 11) is 0. The lowest BCUT2D eigenvalue weighted by atomic mass is 9.97. The molecule has 0 aliphatic carbocycles. The number of imide groups is 2. The van der Waals surface area contributed by atoms with Gasteiger partial charge in [-0.3, -0.25) is 24.5 Å². The van der Waals surface area contributed by atoms with Crippen molar-refractivity contribution in [1.82, 2.24) is 5.32 Å². The van der Waals surface area contributed by atoms with Gasteiger partial charge in [0.1, 0.15) is 0 Å². The Morgan fingerprint density at radius 2 is 1.11 bits per heavy atom. The van der Waals surface area contributed by atoms with Gasteiger partial charge in [-0.15, -0.1) is 0 Å². The Balaban J connectivity index is 1.29. The number of anilines is 1. The molecule has 0 atom stereocenters. The second-order valence-electron chi connectivity index (χ2n) is 8.16. The summed E-state index contributed by atoms with van der Waals surface area (Å²) in [6.07, 6.45) is 0. The fourth-order valence-electron chi connectivity index (χ4n) is 4.29. The summed E-state index contributed by atoms with van der Waals surface area (Å²) in [5.74, 6) is -1.64. The number of amides is 4. The Labute approximate surface area is 204 Å². The van der Waals surface area contributed by atoms with Crippen molar-refractivity contribution in [3.05, 3.63) is 113 Å². The van der Waals surface area contributed by atoms with E-state index in [2.05, 4.69) is 5.32 Å². The van der Waals surface area contributed by atoms with E-state index in [1.807, 2.05) is 42.5 Å². The second kappa shape index (κ2) is 8.07. The van der Waals surface area contributed by atoms with Gasteiger partial charge < -0.3 is 0 Å². The zero-order chi connectivity index (χ0) is 24.1. The first kappa shape index (κ1) is 21.1. The molecule has 0 radical (unpaired) electrons. The molecule has 7 heteroatoms. The summed E-state index contributed by atoms with van der Waals surface area (Å²) in [5, 5.41) is 2.27. The van der Waals surface area contributed by atoms with Crippen molar-refractivity contribution < 1.29 is 19.2 Å². The summed E-state index contributed by atoms with van der Waals surface area (Å²) in [6, 6.07) is 27.2. The fourth-order valence-corrected chi connectivity index (χ4v) is 5.13. The highest BCUT2D eigenvalue weighted by Crippen LogP contribution is 2.34. The minimum Gasteiger partial charge on any atom is -0.288 e. The van der Waals surface area contributed by atoms with Crippen molar-refractivity contribution in [2.24, 2.45) is 0 Å². The zero-order valence-corrected chi connectivity index (χ0v) is 19.0. The molecule has 0 bridgehead atoms. The predicted octanol–water partition coefficient (Wildman–Crippen LogP) is 5.19. The van der Waals surface area contributed by atoms with Gasteiger partial charge >= 0.3 is 0 Å². The number of fused-ring (bicyclic) bond motifs is 2. The number of carbonyl (C=O) groups excluding carboxylic acids is 4. The van der Waals surface area contributed by atoms with Crippen molar-refractivity contribution >= 4 is 41.1 Å². The Morgan fingerprint density at radius 1 is 0.543 bits per heavy atom. The third kappa shape index (κ3) is 3.53. The second-order valence-corrected chi connectivity index (χ2v) is 9.31. The van der Waals surface area contributed by atoms with Crippen molar-refractivity contribution in [1.29, 1.82) is 0 Å². The number of hydrogen-bond acceptors (Lipinski definition) is 5. The molecule has 4 aromatic rings. The molecule has 4 aromatic carbocycles. The van der Waals surface area contributed by atoms with Gasteiger partial charge in [-0.2, -0.15) is 0 Å². The maximum Gasteiger partial charge on any atom is 0.266 e. The van der Waals surface area contributed by atoms with Crippen molar-refractivity contribution in [2.45, 2.75) is 9.79 Å². The molecule has 0 spiro atoms. The molecule has 6 nitrogen and oxygen atoms in total. The third-order valence-corrected chi connectivity index (χ3v) is 7.05. The molecule has 168 valence electrons. The van der Waals surface area contributed by atoms with Gasteiger partial charge in [0.05, 0.1) is 27.9 Å². The number of benzene rings is 4.